The molecular formula is C22H28N2O7S. The van der Waals surface area contributed by atoms with Crippen molar-refractivity contribution in [3.63, 3.8) is 0 Å². The van der Waals surface area contributed by atoms with Crippen LogP contribution in [0.4, 0.5) is 0 Å². The average molecular weight is 465 g/mol. The summed E-state index contributed by atoms with van der Waals surface area (Å²) in [6.07, 6.45) is 5.46. The predicted molar refractivity (Wildman–Crippen MR) is 121 cm³/mol. The minimum absolute atomic E-state index is 0.0225. The third kappa shape index (κ3) is 5.92. The number of pyridine rings is 1. The van der Waals surface area contributed by atoms with Crippen molar-refractivity contribution in [2.45, 2.75) is 30.7 Å². The van der Waals surface area contributed by atoms with Crippen LogP contribution in [0.1, 0.15) is 18.9 Å². The Labute approximate surface area is 186 Å². The van der Waals surface area contributed by atoms with Gasteiger partial charge in [-0.1, -0.05) is 36.4 Å². The number of carbonyl (C=O) groups excluding carboxylic acids is 1. The minimum atomic E-state index is -3.84. The molecule has 1 aromatic carbocycles. The van der Waals surface area contributed by atoms with Crippen LogP contribution in [-0.4, -0.2) is 60.0 Å². The molecule has 0 aliphatic heterocycles. The van der Waals surface area contributed by atoms with Crippen LogP contribution < -0.4 is 11.0 Å². The Balaban J connectivity index is 2.18. The number of aliphatic hydroxyl groups excluding tert-OH is 1. The number of nitrogens with zero attached hydrogens (tertiary/aromatic N) is 1. The van der Waals surface area contributed by atoms with E-state index >= 15 is 0 Å². The number of methoxy groups -OCH3 is 1. The van der Waals surface area contributed by atoms with E-state index in [1.165, 1.54) is 36.3 Å². The van der Waals surface area contributed by atoms with Crippen molar-refractivity contribution in [3.8, 4) is 11.1 Å². The number of amides is 1. The molecule has 9 nitrogen and oxygen atoms in total. The molecule has 2 rings (SSSR count). The van der Waals surface area contributed by atoms with Gasteiger partial charge < -0.3 is 14.4 Å². The van der Waals surface area contributed by atoms with Gasteiger partial charge in [-0.05, 0) is 36.1 Å². The van der Waals surface area contributed by atoms with Crippen LogP contribution in [0.15, 0.2) is 53.5 Å². The molecule has 0 saturated carbocycles. The number of benzene rings is 1. The summed E-state index contributed by atoms with van der Waals surface area (Å²) in [6.45, 7) is 1.07. The van der Waals surface area contributed by atoms with Gasteiger partial charge in [0.25, 0.3) is 11.5 Å². The Morgan fingerprint density at radius 3 is 2.41 bits per heavy atom. The van der Waals surface area contributed by atoms with Gasteiger partial charge in [-0.3, -0.25) is 14.8 Å². The first-order valence-corrected chi connectivity index (χ1v) is 11.7. The van der Waals surface area contributed by atoms with Crippen molar-refractivity contribution in [3.05, 3.63) is 64.6 Å². The summed E-state index contributed by atoms with van der Waals surface area (Å²) < 4.78 is 28.6. The Bertz CT molecular complexity index is 1120. The number of aromatic nitrogens is 1. The summed E-state index contributed by atoms with van der Waals surface area (Å²) >= 11 is 0. The summed E-state index contributed by atoms with van der Waals surface area (Å²) in [4.78, 5) is 24.5. The number of hydrogen-bond acceptors (Lipinski definition) is 7. The maximum absolute atomic E-state index is 12.5. The maximum atomic E-state index is 12.5. The van der Waals surface area contributed by atoms with Crippen molar-refractivity contribution in [2.24, 2.45) is 0 Å². The van der Waals surface area contributed by atoms with Gasteiger partial charge >= 0.3 is 0 Å². The van der Waals surface area contributed by atoms with Crippen LogP contribution in [0.25, 0.3) is 17.2 Å². The predicted octanol–water partition coefficient (Wildman–Crippen LogP) is 1.23. The second-order valence-electron chi connectivity index (χ2n) is 7.58. The molecule has 0 saturated heterocycles. The number of aryl methyl sites for hydroxylation is 1. The van der Waals surface area contributed by atoms with Gasteiger partial charge in [0.15, 0.2) is 14.6 Å². The molecule has 0 fully saturated rings. The molecular weight excluding hydrogens is 436 g/mol. The van der Waals surface area contributed by atoms with Crippen molar-refractivity contribution < 1.29 is 28.3 Å². The Morgan fingerprint density at radius 2 is 1.91 bits per heavy atom. The zero-order valence-corrected chi connectivity index (χ0v) is 19.0. The van der Waals surface area contributed by atoms with Gasteiger partial charge in [0.1, 0.15) is 0 Å². The number of sulfone groups is 1. The Kier molecular flexibility index (Phi) is 8.51. The number of rotatable bonds is 10. The Morgan fingerprint density at radius 1 is 1.25 bits per heavy atom. The fraction of sp³-hybridized carbons (Fsp3) is 0.364. The lowest BCUT2D eigenvalue weighted by molar-refractivity contribution is -0.131. The van der Waals surface area contributed by atoms with E-state index in [1.54, 1.807) is 12.1 Å². The molecule has 2 aromatic rings. The molecule has 0 bridgehead atoms. The number of ether oxygens (including phenoxy) is 1. The van der Waals surface area contributed by atoms with E-state index in [1.807, 2.05) is 30.3 Å². The largest absolute Gasteiger partial charge is 0.393 e. The molecule has 1 aromatic heterocycles. The Hall–Kier alpha value is -2.79. The number of nitrogens with one attached hydrogen (secondary N) is 1. The highest BCUT2D eigenvalue weighted by Gasteiger charge is 2.43. The zero-order valence-electron chi connectivity index (χ0n) is 18.2. The highest BCUT2D eigenvalue weighted by atomic mass is 32.2. The highest BCUT2D eigenvalue weighted by Crippen LogP contribution is 2.23. The second kappa shape index (κ2) is 10.7. The van der Waals surface area contributed by atoms with E-state index in [2.05, 4.69) is 0 Å². The number of aliphatic hydroxyl groups is 1. The van der Waals surface area contributed by atoms with Gasteiger partial charge in [-0.15, -0.1) is 0 Å². The standard InChI is InChI=1S/C22H28N2O7S/c1-22(21(27)23-28,32(3,29)30)11-13-24-12-10-18(14-20(24)26)17-7-4-16(5-8-17)6-9-19(15-25)31-2/h4-10,12,14,19,25,28H,11,13,15H2,1-3H3,(H,23,27). The van der Waals surface area contributed by atoms with Gasteiger partial charge in [0.2, 0.25) is 0 Å². The van der Waals surface area contributed by atoms with Crippen LogP contribution in [-0.2, 0) is 25.9 Å². The molecule has 2 unspecified atom stereocenters. The first-order valence-electron chi connectivity index (χ1n) is 9.82. The lowest BCUT2D eigenvalue weighted by Gasteiger charge is -2.25. The van der Waals surface area contributed by atoms with Gasteiger partial charge in [0, 0.05) is 32.2 Å². The van der Waals surface area contributed by atoms with Gasteiger partial charge in [-0.25, -0.2) is 13.9 Å². The average Bonchev–Trinajstić information content (AvgIpc) is 2.77. The quantitative estimate of drug-likeness (QED) is 0.356. The van der Waals surface area contributed by atoms with Crippen LogP contribution in [0.5, 0.6) is 0 Å². The second-order valence-corrected chi connectivity index (χ2v) is 10.0. The van der Waals surface area contributed by atoms with Crippen LogP contribution >= 0.6 is 0 Å². The number of carbonyl (C=O) groups is 1. The third-order valence-electron chi connectivity index (χ3n) is 5.46. The summed E-state index contributed by atoms with van der Waals surface area (Å²) in [5.74, 6) is -1.05. The minimum Gasteiger partial charge on any atom is -0.393 e. The van der Waals surface area contributed by atoms with E-state index in [-0.39, 0.29) is 31.2 Å². The lowest BCUT2D eigenvalue weighted by Crippen LogP contribution is -2.49. The molecule has 0 aliphatic carbocycles. The fourth-order valence-electron chi connectivity index (χ4n) is 3.01. The van der Waals surface area contributed by atoms with Crippen molar-refractivity contribution in [1.29, 1.82) is 0 Å². The van der Waals surface area contributed by atoms with E-state index in [4.69, 9.17) is 15.1 Å². The topological polar surface area (TPSA) is 135 Å². The summed E-state index contributed by atoms with van der Waals surface area (Å²) in [5, 5.41) is 18.0. The van der Waals surface area contributed by atoms with Crippen molar-refractivity contribution in [1.82, 2.24) is 10.0 Å². The SMILES string of the molecule is COC(C=Cc1ccc(-c2ccn(CCC(C)(C(=O)NO)S(C)(=O)=O)c(=O)c2)cc1)CO. The first-order chi connectivity index (χ1) is 15.1. The molecule has 2 atom stereocenters. The molecule has 10 heteroatoms. The van der Waals surface area contributed by atoms with Crippen LogP contribution in [0.3, 0.4) is 0 Å². The van der Waals surface area contributed by atoms with E-state index < -0.39 is 20.5 Å². The summed E-state index contributed by atoms with van der Waals surface area (Å²) in [6, 6.07) is 10.6. The highest BCUT2D eigenvalue weighted by molar-refractivity contribution is 7.92. The van der Waals surface area contributed by atoms with E-state index in [9.17, 15) is 18.0 Å². The van der Waals surface area contributed by atoms with Crippen LogP contribution in [0.2, 0.25) is 0 Å². The lowest BCUT2D eigenvalue weighted by atomic mass is 10.0. The summed E-state index contributed by atoms with van der Waals surface area (Å²) in [7, 11) is -2.33. The van der Waals surface area contributed by atoms with E-state index in [0.717, 1.165) is 17.4 Å². The van der Waals surface area contributed by atoms with Crippen molar-refractivity contribution in [2.75, 3.05) is 20.0 Å². The summed E-state index contributed by atoms with van der Waals surface area (Å²) in [5.41, 5.74) is 3.45. The molecule has 0 aliphatic rings. The zero-order chi connectivity index (χ0) is 23.9. The monoisotopic (exact) mass is 464 g/mol. The molecule has 3 N–H and O–H groups in total. The maximum Gasteiger partial charge on any atom is 0.264 e. The smallest absolute Gasteiger partial charge is 0.264 e. The fourth-order valence-corrected chi connectivity index (χ4v) is 3.86. The normalized spacial score (nSPS) is 14.8. The van der Waals surface area contributed by atoms with Crippen LogP contribution in [0, 0.1) is 0 Å². The van der Waals surface area contributed by atoms with Gasteiger partial charge in [-0.2, -0.15) is 0 Å². The first kappa shape index (κ1) is 25.5. The number of hydroxylamine groups is 1. The molecule has 174 valence electrons. The molecule has 1 heterocycles. The molecule has 0 spiro atoms. The molecule has 32 heavy (non-hydrogen) atoms. The molecule has 0 radical (unpaired) electrons. The number of hydrogen-bond donors (Lipinski definition) is 3. The molecule has 1 amide bonds. The van der Waals surface area contributed by atoms with E-state index in [0.29, 0.717) is 5.56 Å². The van der Waals surface area contributed by atoms with Gasteiger partial charge in [0.05, 0.1) is 12.7 Å². The van der Waals surface area contributed by atoms with Crippen molar-refractivity contribution >= 4 is 21.8 Å². The third-order valence-corrected chi connectivity index (χ3v) is 7.48.